The lowest BCUT2D eigenvalue weighted by atomic mass is 9.63. The molecule has 4 atom stereocenters. The molecule has 0 saturated heterocycles. The summed E-state index contributed by atoms with van der Waals surface area (Å²) in [6.45, 7) is 3.87. The Bertz CT molecular complexity index is 1400. The molecule has 0 unspecified atom stereocenters. The average molecular weight is 633 g/mol. The Kier molecular flexibility index (Phi) is 10.3. The van der Waals surface area contributed by atoms with Gasteiger partial charge in [0.1, 0.15) is 12.4 Å². The first-order chi connectivity index (χ1) is 20.6. The fourth-order valence-corrected chi connectivity index (χ4v) is 8.78. The maximum absolute atomic E-state index is 13.4. The molecule has 2 heterocycles. The van der Waals surface area contributed by atoms with Crippen molar-refractivity contribution in [3.05, 3.63) is 58.1 Å². The van der Waals surface area contributed by atoms with Crippen molar-refractivity contribution in [3.8, 4) is 5.75 Å². The number of benzene rings is 2. The number of methoxy groups -OCH3 is 1. The summed E-state index contributed by atoms with van der Waals surface area (Å²) in [5.41, 5.74) is 2.31. The highest BCUT2D eigenvalue weighted by atomic mass is 35.5. The van der Waals surface area contributed by atoms with E-state index < -0.39 is 26.8 Å². The third-order valence-corrected chi connectivity index (χ3v) is 11.9. The minimum absolute atomic E-state index is 0.0755. The summed E-state index contributed by atoms with van der Waals surface area (Å²) in [6.07, 6.45) is 7.38. The Morgan fingerprint density at radius 1 is 1.09 bits per heavy atom. The van der Waals surface area contributed by atoms with Gasteiger partial charge in [-0.15, -0.1) is 0 Å². The van der Waals surface area contributed by atoms with Gasteiger partial charge in [0, 0.05) is 30.8 Å². The van der Waals surface area contributed by atoms with E-state index >= 15 is 0 Å². The van der Waals surface area contributed by atoms with E-state index in [0.29, 0.717) is 56.0 Å². The first-order valence-electron chi connectivity index (χ1n) is 15.7. The van der Waals surface area contributed by atoms with Gasteiger partial charge in [-0.25, -0.2) is 13.1 Å². The molecule has 5 rings (SSSR count). The van der Waals surface area contributed by atoms with Crippen LogP contribution in [-0.2, 0) is 27.8 Å². The second kappa shape index (κ2) is 13.8. The number of hydrogen-bond acceptors (Lipinski definition) is 7. The smallest absolute Gasteiger partial charge is 0.264 e. The van der Waals surface area contributed by atoms with Crippen LogP contribution in [-0.4, -0.2) is 57.1 Å². The van der Waals surface area contributed by atoms with Gasteiger partial charge in [0.05, 0.1) is 23.1 Å². The van der Waals surface area contributed by atoms with Gasteiger partial charge in [0.15, 0.2) is 0 Å². The third kappa shape index (κ3) is 7.32. The highest BCUT2D eigenvalue weighted by Gasteiger charge is 2.47. The van der Waals surface area contributed by atoms with E-state index in [2.05, 4.69) is 9.62 Å². The Morgan fingerprint density at radius 3 is 2.67 bits per heavy atom. The molecule has 43 heavy (non-hydrogen) atoms. The number of ether oxygens (including phenoxy) is 2. The summed E-state index contributed by atoms with van der Waals surface area (Å²) >= 11 is 6.32. The predicted octanol–water partition coefficient (Wildman–Crippen LogP) is 5.88. The Balaban J connectivity index is 1.55. The van der Waals surface area contributed by atoms with E-state index in [1.165, 1.54) is 5.56 Å². The van der Waals surface area contributed by atoms with Gasteiger partial charge < -0.3 is 19.5 Å². The number of rotatable bonds is 3. The molecule has 10 heteroatoms. The van der Waals surface area contributed by atoms with E-state index in [9.17, 15) is 18.3 Å². The van der Waals surface area contributed by atoms with Crippen molar-refractivity contribution >= 4 is 33.2 Å². The van der Waals surface area contributed by atoms with Crippen LogP contribution in [0.15, 0.2) is 36.4 Å². The van der Waals surface area contributed by atoms with Crippen molar-refractivity contribution in [3.63, 3.8) is 0 Å². The fourth-order valence-electron chi connectivity index (χ4n) is 7.13. The summed E-state index contributed by atoms with van der Waals surface area (Å²) in [6, 6.07) is 11.1. The Labute approximate surface area is 261 Å². The molecule has 1 saturated carbocycles. The van der Waals surface area contributed by atoms with E-state index in [4.69, 9.17) is 21.1 Å². The van der Waals surface area contributed by atoms with E-state index in [-0.39, 0.29) is 24.0 Å². The van der Waals surface area contributed by atoms with Crippen LogP contribution >= 0.6 is 11.6 Å². The number of fused-ring (bicyclic) bond motifs is 3. The molecule has 0 radical (unpaired) electrons. The van der Waals surface area contributed by atoms with Crippen LogP contribution in [0.3, 0.4) is 0 Å². The zero-order chi connectivity index (χ0) is 30.6. The maximum Gasteiger partial charge on any atom is 0.264 e. The fraction of sp³-hybridized carbons (Fsp3) is 0.606. The summed E-state index contributed by atoms with van der Waals surface area (Å²) in [4.78, 5) is 15.6. The van der Waals surface area contributed by atoms with Gasteiger partial charge in [-0.3, -0.25) is 4.79 Å². The Hall–Kier alpha value is -2.33. The number of halogens is 1. The van der Waals surface area contributed by atoms with Crippen molar-refractivity contribution in [2.45, 2.75) is 88.6 Å². The van der Waals surface area contributed by atoms with E-state index in [1.807, 2.05) is 25.1 Å². The summed E-state index contributed by atoms with van der Waals surface area (Å²) in [7, 11) is -2.26. The second-order valence-electron chi connectivity index (χ2n) is 12.5. The van der Waals surface area contributed by atoms with Crippen molar-refractivity contribution in [1.82, 2.24) is 4.72 Å². The zero-order valence-corrected chi connectivity index (χ0v) is 26.9. The molecule has 2 aromatic rings. The number of aliphatic hydroxyl groups is 1. The molecule has 2 aromatic carbocycles. The van der Waals surface area contributed by atoms with Crippen molar-refractivity contribution in [2.75, 3.05) is 31.7 Å². The number of sulfonamides is 1. The molecule has 2 bridgehead atoms. The summed E-state index contributed by atoms with van der Waals surface area (Å²) in [5, 5.41) is 11.9. The third-order valence-electron chi connectivity index (χ3n) is 9.71. The van der Waals surface area contributed by atoms with E-state index in [1.54, 1.807) is 25.3 Å². The normalized spacial score (nSPS) is 28.2. The van der Waals surface area contributed by atoms with Crippen LogP contribution in [0.2, 0.25) is 5.02 Å². The van der Waals surface area contributed by atoms with Gasteiger partial charge in [-0.05, 0) is 105 Å². The molecule has 8 nitrogen and oxygen atoms in total. The molecule has 1 amide bonds. The molecule has 2 aliphatic heterocycles. The molecule has 0 spiro atoms. The van der Waals surface area contributed by atoms with Gasteiger partial charge in [-0.2, -0.15) is 0 Å². The topological polar surface area (TPSA) is 105 Å². The first-order valence-corrected chi connectivity index (χ1v) is 17.6. The number of nitrogens with zero attached hydrogens (tertiary/aromatic N) is 1. The summed E-state index contributed by atoms with van der Waals surface area (Å²) < 4.78 is 40.9. The van der Waals surface area contributed by atoms with Crippen molar-refractivity contribution < 1.29 is 27.8 Å². The van der Waals surface area contributed by atoms with Crippen LogP contribution < -0.4 is 14.4 Å². The average Bonchev–Trinajstić information content (AvgIpc) is 2.97. The van der Waals surface area contributed by atoms with Crippen LogP contribution in [0.25, 0.3) is 0 Å². The van der Waals surface area contributed by atoms with Crippen LogP contribution in [0.1, 0.15) is 86.2 Å². The zero-order valence-electron chi connectivity index (χ0n) is 25.3. The molecule has 1 aliphatic carbocycles. The largest absolute Gasteiger partial charge is 0.487 e. The lowest BCUT2D eigenvalue weighted by molar-refractivity contribution is -0.125. The number of carbonyl (C=O) groups is 1. The second-order valence-corrected chi connectivity index (χ2v) is 14.9. The predicted molar refractivity (Wildman–Crippen MR) is 169 cm³/mol. The van der Waals surface area contributed by atoms with Crippen LogP contribution in [0, 0.1) is 11.8 Å². The highest BCUT2D eigenvalue weighted by Crippen LogP contribution is 2.46. The molecule has 3 aliphatic rings. The molecule has 236 valence electrons. The maximum atomic E-state index is 13.4. The minimum Gasteiger partial charge on any atom is -0.487 e. The van der Waals surface area contributed by atoms with Gasteiger partial charge >= 0.3 is 0 Å². The molecular weight excluding hydrogens is 588 g/mol. The summed E-state index contributed by atoms with van der Waals surface area (Å²) in [5.74, 6) is 0.339. The molecule has 2 N–H and O–H groups in total. The van der Waals surface area contributed by atoms with E-state index in [0.717, 1.165) is 49.9 Å². The lowest BCUT2D eigenvalue weighted by Gasteiger charge is -2.49. The van der Waals surface area contributed by atoms with Crippen molar-refractivity contribution in [1.29, 1.82) is 0 Å². The SMILES string of the molecule is CC[C@@H]1CCCC[C@](O)(COC)[C@@H]2CC[C@H]2CN2CCCCc3cc(Cl)ccc3COc3ccc(cc32)C(=O)NS1(=O)=O. The molecule has 0 aromatic heterocycles. The monoisotopic (exact) mass is 632 g/mol. The lowest BCUT2D eigenvalue weighted by Crippen LogP contribution is -2.53. The number of hydrogen-bond donors (Lipinski definition) is 2. The number of anilines is 1. The quantitative estimate of drug-likeness (QED) is 0.436. The van der Waals surface area contributed by atoms with Crippen LogP contribution in [0.4, 0.5) is 5.69 Å². The molecule has 1 fully saturated rings. The number of nitrogens with one attached hydrogen (secondary N) is 1. The molecular formula is C33H45ClN2O6S. The van der Waals surface area contributed by atoms with Gasteiger partial charge in [-0.1, -0.05) is 37.4 Å². The van der Waals surface area contributed by atoms with Crippen molar-refractivity contribution in [2.24, 2.45) is 11.8 Å². The number of aryl methyl sites for hydroxylation is 1. The number of carbonyl (C=O) groups excluding carboxylic acids is 1. The van der Waals surface area contributed by atoms with Gasteiger partial charge in [0.25, 0.3) is 5.91 Å². The first kappa shape index (κ1) is 32.1. The standard InChI is InChI=1S/C33H45ClN2O6S/c1-3-28-9-4-6-16-33(38,22-41-2)29-14-11-25(29)20-36-17-7-5-8-23-18-27(34)13-10-26(23)21-42-31-15-12-24(19-30(31)36)32(37)35-43(28,39)40/h10,12-13,15,18-19,25,28-29,38H,3-9,11,14,16-17,20-22H2,1-2H3,(H,35,37)/t25-,28+,29+,33-/m0/s1. The highest BCUT2D eigenvalue weighted by molar-refractivity contribution is 7.90. The Morgan fingerprint density at radius 2 is 1.93 bits per heavy atom. The minimum atomic E-state index is -3.89. The van der Waals surface area contributed by atoms with Crippen LogP contribution in [0.5, 0.6) is 5.75 Å². The number of amides is 1. The van der Waals surface area contributed by atoms with Gasteiger partial charge in [0.2, 0.25) is 10.0 Å².